The molecule has 0 aliphatic carbocycles. The van der Waals surface area contributed by atoms with E-state index in [4.69, 9.17) is 0 Å². The van der Waals surface area contributed by atoms with Crippen molar-refractivity contribution in [1.29, 1.82) is 0 Å². The van der Waals surface area contributed by atoms with Crippen molar-refractivity contribution in [3.63, 3.8) is 0 Å². The minimum atomic E-state index is 0.451. The average Bonchev–Trinajstić information content (AvgIpc) is 2.76. The first kappa shape index (κ1) is 13.3. The van der Waals surface area contributed by atoms with E-state index in [1.54, 1.807) is 0 Å². The molecule has 1 fully saturated rings. The molecule has 1 saturated heterocycles. The average molecular weight is 270 g/mol. The third-order valence-electron chi connectivity index (χ3n) is 4.07. The van der Waals surface area contributed by atoms with Crippen molar-refractivity contribution in [3.8, 4) is 0 Å². The normalized spacial score (nSPS) is 20.8. The van der Waals surface area contributed by atoms with Gasteiger partial charge in [-0.2, -0.15) is 5.10 Å². The van der Waals surface area contributed by atoms with Gasteiger partial charge in [0.1, 0.15) is 0 Å². The second-order valence-electron chi connectivity index (χ2n) is 5.61. The van der Waals surface area contributed by atoms with Crippen LogP contribution in [0.3, 0.4) is 0 Å². The fourth-order valence-corrected chi connectivity index (χ4v) is 3.03. The summed E-state index contributed by atoms with van der Waals surface area (Å²) in [4.78, 5) is 6.68. The summed E-state index contributed by atoms with van der Waals surface area (Å²) in [6.07, 6.45) is 10.9. The Kier molecular flexibility index (Phi) is 4.11. The molecule has 3 rings (SSSR count). The van der Waals surface area contributed by atoms with Gasteiger partial charge in [0.15, 0.2) is 0 Å². The lowest BCUT2D eigenvalue weighted by Gasteiger charge is -2.28. The van der Waals surface area contributed by atoms with Crippen LogP contribution in [0.1, 0.15) is 43.0 Å². The molecule has 1 atom stereocenters. The van der Waals surface area contributed by atoms with Gasteiger partial charge in [-0.15, -0.1) is 0 Å². The van der Waals surface area contributed by atoms with Crippen molar-refractivity contribution >= 4 is 0 Å². The van der Waals surface area contributed by atoms with Crippen molar-refractivity contribution in [1.82, 2.24) is 19.7 Å². The van der Waals surface area contributed by atoms with Gasteiger partial charge < -0.3 is 0 Å². The maximum Gasteiger partial charge on any atom is 0.0796 e. The zero-order valence-corrected chi connectivity index (χ0v) is 12.1. The number of aryl methyl sites for hydroxylation is 1. The van der Waals surface area contributed by atoms with E-state index in [0.29, 0.717) is 6.04 Å². The zero-order chi connectivity index (χ0) is 13.8. The Morgan fingerprint density at radius 3 is 2.75 bits per heavy atom. The summed E-state index contributed by atoms with van der Waals surface area (Å²) in [7, 11) is 1.99. The van der Waals surface area contributed by atoms with Gasteiger partial charge in [0.05, 0.1) is 11.7 Å². The Hall–Kier alpha value is -1.68. The fraction of sp³-hybridized carbons (Fsp3) is 0.500. The van der Waals surface area contributed by atoms with Crippen molar-refractivity contribution in [2.45, 2.75) is 38.3 Å². The summed E-state index contributed by atoms with van der Waals surface area (Å²) in [5.74, 6) is 0. The van der Waals surface area contributed by atoms with E-state index in [0.717, 1.165) is 13.1 Å². The van der Waals surface area contributed by atoms with Gasteiger partial charge in [0, 0.05) is 32.2 Å². The van der Waals surface area contributed by atoms with Crippen LogP contribution in [0.4, 0.5) is 0 Å². The smallest absolute Gasteiger partial charge is 0.0796 e. The second kappa shape index (κ2) is 6.18. The van der Waals surface area contributed by atoms with Crippen molar-refractivity contribution in [3.05, 3.63) is 48.0 Å². The van der Waals surface area contributed by atoms with E-state index in [2.05, 4.69) is 33.2 Å². The van der Waals surface area contributed by atoms with Gasteiger partial charge in [0.25, 0.3) is 0 Å². The molecule has 3 heterocycles. The van der Waals surface area contributed by atoms with E-state index in [1.165, 1.54) is 36.9 Å². The van der Waals surface area contributed by atoms with Gasteiger partial charge in [-0.3, -0.25) is 14.6 Å². The van der Waals surface area contributed by atoms with E-state index < -0.39 is 0 Å². The van der Waals surface area contributed by atoms with E-state index in [-0.39, 0.29) is 0 Å². The molecular weight excluding hydrogens is 248 g/mol. The minimum Gasteiger partial charge on any atom is -0.290 e. The summed E-state index contributed by atoms with van der Waals surface area (Å²) in [5.41, 5.74) is 2.55. The standard InChI is InChI=1S/C16H22N4/c1-19-12-8-15(18-19)16-5-3-2-4-11-20(16)13-14-6-9-17-10-7-14/h6-10,12,16H,2-5,11,13H2,1H3/t16-/m0/s1. The molecule has 2 aromatic heterocycles. The first-order valence-corrected chi connectivity index (χ1v) is 7.45. The molecule has 0 unspecified atom stereocenters. The topological polar surface area (TPSA) is 34.0 Å². The van der Waals surface area contributed by atoms with Crippen LogP contribution in [0.25, 0.3) is 0 Å². The summed E-state index contributed by atoms with van der Waals surface area (Å²) in [6.45, 7) is 2.15. The van der Waals surface area contributed by atoms with Crippen molar-refractivity contribution in [2.75, 3.05) is 6.54 Å². The number of likely N-dealkylation sites (tertiary alicyclic amines) is 1. The Labute approximate surface area is 120 Å². The SMILES string of the molecule is Cn1ccc([C@@H]2CCCCCN2Cc2ccncc2)n1. The third kappa shape index (κ3) is 3.07. The number of aromatic nitrogens is 3. The Balaban J connectivity index is 1.80. The van der Waals surface area contributed by atoms with Crippen LogP contribution in [-0.2, 0) is 13.6 Å². The molecule has 0 spiro atoms. The lowest BCUT2D eigenvalue weighted by Crippen LogP contribution is -2.28. The largest absolute Gasteiger partial charge is 0.290 e. The van der Waals surface area contributed by atoms with Gasteiger partial charge in [-0.25, -0.2) is 0 Å². The monoisotopic (exact) mass is 270 g/mol. The molecule has 106 valence electrons. The highest BCUT2D eigenvalue weighted by molar-refractivity contribution is 5.12. The number of nitrogens with zero attached hydrogens (tertiary/aromatic N) is 4. The minimum absolute atomic E-state index is 0.451. The highest BCUT2D eigenvalue weighted by Gasteiger charge is 2.24. The molecule has 0 radical (unpaired) electrons. The van der Waals surface area contributed by atoms with Crippen LogP contribution >= 0.6 is 0 Å². The molecule has 2 aromatic rings. The van der Waals surface area contributed by atoms with E-state index in [9.17, 15) is 0 Å². The van der Waals surface area contributed by atoms with Crippen LogP contribution < -0.4 is 0 Å². The number of hydrogen-bond acceptors (Lipinski definition) is 3. The number of pyridine rings is 1. The lowest BCUT2D eigenvalue weighted by molar-refractivity contribution is 0.188. The van der Waals surface area contributed by atoms with Crippen LogP contribution in [-0.4, -0.2) is 26.2 Å². The molecule has 0 saturated carbocycles. The van der Waals surface area contributed by atoms with Crippen molar-refractivity contribution < 1.29 is 0 Å². The molecule has 0 N–H and O–H groups in total. The Morgan fingerprint density at radius 2 is 2.00 bits per heavy atom. The van der Waals surface area contributed by atoms with Gasteiger partial charge in [0.2, 0.25) is 0 Å². The first-order valence-electron chi connectivity index (χ1n) is 7.45. The molecule has 0 bridgehead atoms. The van der Waals surface area contributed by atoms with E-state index >= 15 is 0 Å². The predicted molar refractivity (Wildman–Crippen MR) is 79.1 cm³/mol. The first-order chi connectivity index (χ1) is 9.83. The third-order valence-corrected chi connectivity index (χ3v) is 4.07. The highest BCUT2D eigenvalue weighted by Crippen LogP contribution is 2.30. The van der Waals surface area contributed by atoms with Crippen LogP contribution in [0.2, 0.25) is 0 Å². The van der Waals surface area contributed by atoms with Gasteiger partial charge in [-0.05, 0) is 43.1 Å². The van der Waals surface area contributed by atoms with Crippen LogP contribution in [0.5, 0.6) is 0 Å². The zero-order valence-electron chi connectivity index (χ0n) is 12.1. The Bertz CT molecular complexity index is 534. The molecule has 1 aliphatic rings. The maximum absolute atomic E-state index is 4.63. The van der Waals surface area contributed by atoms with E-state index in [1.807, 2.05) is 30.3 Å². The molecular formula is C16H22N4. The molecule has 0 aromatic carbocycles. The summed E-state index contributed by atoms with van der Waals surface area (Å²) < 4.78 is 1.91. The second-order valence-corrected chi connectivity index (χ2v) is 5.61. The molecule has 1 aliphatic heterocycles. The number of hydrogen-bond donors (Lipinski definition) is 0. The van der Waals surface area contributed by atoms with Crippen molar-refractivity contribution in [2.24, 2.45) is 7.05 Å². The molecule has 4 nitrogen and oxygen atoms in total. The van der Waals surface area contributed by atoms with Crippen LogP contribution in [0, 0.1) is 0 Å². The molecule has 4 heteroatoms. The quantitative estimate of drug-likeness (QED) is 0.860. The lowest BCUT2D eigenvalue weighted by atomic mass is 10.1. The summed E-state index contributed by atoms with van der Waals surface area (Å²) >= 11 is 0. The van der Waals surface area contributed by atoms with Gasteiger partial charge >= 0.3 is 0 Å². The molecule has 0 amide bonds. The van der Waals surface area contributed by atoms with Gasteiger partial charge in [-0.1, -0.05) is 12.8 Å². The molecule has 20 heavy (non-hydrogen) atoms. The maximum atomic E-state index is 4.63. The summed E-state index contributed by atoms with van der Waals surface area (Å²) in [5, 5.41) is 4.63. The summed E-state index contributed by atoms with van der Waals surface area (Å²) in [6, 6.07) is 6.84. The Morgan fingerprint density at radius 1 is 1.15 bits per heavy atom. The van der Waals surface area contributed by atoms with Crippen LogP contribution in [0.15, 0.2) is 36.8 Å². The highest BCUT2D eigenvalue weighted by atomic mass is 15.3. The number of rotatable bonds is 3. The fourth-order valence-electron chi connectivity index (χ4n) is 3.03. The predicted octanol–water partition coefficient (Wildman–Crippen LogP) is 2.93.